The first-order valence-electron chi connectivity index (χ1n) is 15.9. The second kappa shape index (κ2) is 11.4. The van der Waals surface area contributed by atoms with E-state index in [0.29, 0.717) is 71.4 Å². The summed E-state index contributed by atoms with van der Waals surface area (Å²) in [7, 11) is 0. The fourth-order valence-electron chi connectivity index (χ4n) is 6.61. The van der Waals surface area contributed by atoms with Gasteiger partial charge in [0.05, 0.1) is 56.9 Å². The van der Waals surface area contributed by atoms with E-state index in [0.717, 1.165) is 0 Å². The van der Waals surface area contributed by atoms with Crippen LogP contribution >= 0.6 is 0 Å². The number of fused-ring (bicyclic) bond motifs is 4. The molecule has 4 aliphatic rings. The van der Waals surface area contributed by atoms with E-state index >= 15 is 0 Å². The van der Waals surface area contributed by atoms with Gasteiger partial charge in [-0.25, -0.2) is 9.59 Å². The number of amides is 2. The molecule has 4 heterocycles. The molecule has 4 aliphatic heterocycles. The molecule has 0 N–H and O–H groups in total. The molecule has 0 fully saturated rings. The zero-order chi connectivity index (χ0) is 34.0. The highest BCUT2D eigenvalue weighted by molar-refractivity contribution is 6.48. The summed E-state index contributed by atoms with van der Waals surface area (Å²) in [4.78, 5) is 58.2. The van der Waals surface area contributed by atoms with Gasteiger partial charge in [0.2, 0.25) is 0 Å². The van der Waals surface area contributed by atoms with Crippen LogP contribution in [0.5, 0.6) is 11.5 Å². The van der Waals surface area contributed by atoms with E-state index in [1.165, 1.54) is 12.1 Å². The Morgan fingerprint density at radius 3 is 1.33 bits per heavy atom. The van der Waals surface area contributed by atoms with Crippen LogP contribution in [0.2, 0.25) is 0 Å². The lowest BCUT2D eigenvalue weighted by atomic mass is 9.92. The number of ether oxygens (including phenoxy) is 2. The Labute approximate surface area is 277 Å². The Hall–Kier alpha value is -6.00. The van der Waals surface area contributed by atoms with Crippen molar-refractivity contribution in [2.75, 3.05) is 22.9 Å². The summed E-state index contributed by atoms with van der Waals surface area (Å²) in [5, 5.41) is 19.1. The summed E-state index contributed by atoms with van der Waals surface area (Å²) in [6, 6.07) is 17.1. The van der Waals surface area contributed by atoms with E-state index in [2.05, 4.69) is 12.1 Å². The lowest BCUT2D eigenvalue weighted by Gasteiger charge is -2.18. The lowest BCUT2D eigenvalue weighted by Crippen LogP contribution is -2.28. The number of nitriles is 2. The number of esters is 2. The van der Waals surface area contributed by atoms with Crippen molar-refractivity contribution in [3.63, 3.8) is 0 Å². The van der Waals surface area contributed by atoms with Gasteiger partial charge in [0, 0.05) is 35.3 Å². The van der Waals surface area contributed by atoms with Crippen LogP contribution in [0, 0.1) is 34.5 Å². The number of benzene rings is 3. The second-order valence-corrected chi connectivity index (χ2v) is 13.1. The van der Waals surface area contributed by atoms with Crippen molar-refractivity contribution in [3.05, 3.63) is 81.9 Å². The van der Waals surface area contributed by atoms with Crippen LogP contribution in [0.25, 0.3) is 22.3 Å². The quantitative estimate of drug-likeness (QED) is 0.185. The summed E-state index contributed by atoms with van der Waals surface area (Å²) in [5.41, 5.74) is 3.84. The SMILES string of the molecule is CC(C)CCN1C(=O)/C(=C2/C(=O)Oc3cc4c(cc32)OC(=O)/C4=C2/C(=O)N(CCC(C)C)c3cc(C#N)ccc32)c2ccc(C#N)cc21. The van der Waals surface area contributed by atoms with Gasteiger partial charge in [-0.2, -0.15) is 10.5 Å². The molecular weight excluding hydrogens is 608 g/mol. The minimum absolute atomic E-state index is 0.0409. The molecule has 48 heavy (non-hydrogen) atoms. The summed E-state index contributed by atoms with van der Waals surface area (Å²) in [5.74, 6) is -1.35. The minimum atomic E-state index is -0.732. The van der Waals surface area contributed by atoms with Gasteiger partial charge in [-0.15, -0.1) is 0 Å². The van der Waals surface area contributed by atoms with Crippen molar-refractivity contribution >= 4 is 57.4 Å². The maximum absolute atomic E-state index is 14.0. The van der Waals surface area contributed by atoms with Gasteiger partial charge in [0.15, 0.2) is 0 Å². The Morgan fingerprint density at radius 1 is 0.583 bits per heavy atom. The highest BCUT2D eigenvalue weighted by Gasteiger charge is 2.45. The number of hydrogen-bond acceptors (Lipinski definition) is 8. The first-order chi connectivity index (χ1) is 23.0. The molecule has 0 radical (unpaired) electrons. The van der Waals surface area contributed by atoms with Crippen molar-refractivity contribution in [1.82, 2.24) is 0 Å². The molecule has 0 saturated heterocycles. The zero-order valence-corrected chi connectivity index (χ0v) is 26.8. The van der Waals surface area contributed by atoms with Gasteiger partial charge in [-0.1, -0.05) is 39.8 Å². The molecule has 10 nitrogen and oxygen atoms in total. The molecule has 238 valence electrons. The molecule has 0 atom stereocenters. The van der Waals surface area contributed by atoms with Crippen LogP contribution in [0.4, 0.5) is 11.4 Å². The maximum Gasteiger partial charge on any atom is 0.345 e. The highest BCUT2D eigenvalue weighted by atomic mass is 16.5. The number of carbonyl (C=O) groups is 4. The van der Waals surface area contributed by atoms with E-state index < -0.39 is 11.9 Å². The molecule has 0 saturated carbocycles. The Bertz CT molecular complexity index is 2010. The topological polar surface area (TPSA) is 141 Å². The van der Waals surface area contributed by atoms with E-state index in [9.17, 15) is 29.7 Å². The van der Waals surface area contributed by atoms with Gasteiger partial charge in [0.25, 0.3) is 11.8 Å². The summed E-state index contributed by atoms with van der Waals surface area (Å²) in [6.07, 6.45) is 1.42. The first-order valence-corrected chi connectivity index (χ1v) is 15.9. The zero-order valence-electron chi connectivity index (χ0n) is 26.8. The summed E-state index contributed by atoms with van der Waals surface area (Å²) >= 11 is 0. The number of hydrogen-bond donors (Lipinski definition) is 0. The third kappa shape index (κ3) is 4.68. The smallest absolute Gasteiger partial charge is 0.345 e. The monoisotopic (exact) mass is 638 g/mol. The number of carbonyl (C=O) groups excluding carboxylic acids is 4. The Morgan fingerprint density at radius 2 is 0.979 bits per heavy atom. The number of anilines is 2. The van der Waals surface area contributed by atoms with Gasteiger partial charge in [-0.3, -0.25) is 9.59 Å². The second-order valence-electron chi connectivity index (χ2n) is 13.1. The number of rotatable bonds is 6. The van der Waals surface area contributed by atoms with Gasteiger partial charge in [0.1, 0.15) is 11.5 Å². The van der Waals surface area contributed by atoms with Crippen LogP contribution in [-0.2, 0) is 19.2 Å². The van der Waals surface area contributed by atoms with Gasteiger partial charge < -0.3 is 19.3 Å². The van der Waals surface area contributed by atoms with E-state index in [4.69, 9.17) is 9.47 Å². The highest BCUT2D eigenvalue weighted by Crippen LogP contribution is 2.52. The van der Waals surface area contributed by atoms with Crippen LogP contribution < -0.4 is 19.3 Å². The molecule has 7 rings (SSSR count). The third-order valence-corrected chi connectivity index (χ3v) is 9.09. The normalized spacial score (nSPS) is 19.0. The minimum Gasteiger partial charge on any atom is -0.422 e. The van der Waals surface area contributed by atoms with Crippen LogP contribution in [-0.4, -0.2) is 36.8 Å². The van der Waals surface area contributed by atoms with Crippen LogP contribution in [0.15, 0.2) is 48.5 Å². The van der Waals surface area contributed by atoms with Crippen molar-refractivity contribution in [2.45, 2.75) is 40.5 Å². The molecule has 3 aromatic carbocycles. The predicted molar refractivity (Wildman–Crippen MR) is 177 cm³/mol. The molecular formula is C38H30N4O6. The molecule has 0 aliphatic carbocycles. The van der Waals surface area contributed by atoms with E-state index in [1.54, 1.807) is 46.2 Å². The maximum atomic E-state index is 14.0. The molecule has 0 aromatic heterocycles. The van der Waals surface area contributed by atoms with Crippen molar-refractivity contribution in [2.24, 2.45) is 11.8 Å². The van der Waals surface area contributed by atoms with Gasteiger partial charge >= 0.3 is 11.9 Å². The third-order valence-electron chi connectivity index (χ3n) is 9.09. The molecule has 10 heteroatoms. The Balaban J connectivity index is 1.37. The summed E-state index contributed by atoms with van der Waals surface area (Å²) < 4.78 is 11.4. The van der Waals surface area contributed by atoms with E-state index in [1.807, 2.05) is 27.7 Å². The van der Waals surface area contributed by atoms with Crippen molar-refractivity contribution < 1.29 is 28.7 Å². The fourth-order valence-corrected chi connectivity index (χ4v) is 6.61. The standard InChI is InChI=1S/C38H30N4O6/c1-19(2)9-11-41-27-13-21(17-39)5-7-23(27)31(35(41)43)33-25-15-30-26(16-29(25)47-37(33)45)34(38(46)48-30)32-24-8-6-22(18-40)14-28(24)42(36(32)44)12-10-20(3)4/h5-8,13-16,19-20H,9-12H2,1-4H3/b33-31+,34-32+. The average Bonchev–Trinajstić information content (AvgIpc) is 3.72. The predicted octanol–water partition coefficient (Wildman–Crippen LogP) is 5.87. The van der Waals surface area contributed by atoms with Crippen LogP contribution in [0.1, 0.15) is 73.9 Å². The van der Waals surface area contributed by atoms with Crippen molar-refractivity contribution in [1.29, 1.82) is 10.5 Å². The molecule has 3 aromatic rings. The first kappa shape index (κ1) is 30.6. The number of nitrogens with zero attached hydrogens (tertiary/aromatic N) is 4. The summed E-state index contributed by atoms with van der Waals surface area (Å²) in [6.45, 7) is 8.99. The molecule has 0 unspecified atom stereocenters. The molecule has 0 spiro atoms. The largest absolute Gasteiger partial charge is 0.422 e. The fraction of sp³-hybridized carbons (Fsp3) is 0.263. The molecule has 2 amide bonds. The average molecular weight is 639 g/mol. The van der Waals surface area contributed by atoms with Crippen LogP contribution in [0.3, 0.4) is 0 Å². The van der Waals surface area contributed by atoms with Crippen molar-refractivity contribution in [3.8, 4) is 23.6 Å². The lowest BCUT2D eigenvalue weighted by molar-refractivity contribution is -0.127. The van der Waals surface area contributed by atoms with Gasteiger partial charge in [-0.05, 0) is 61.1 Å². The van der Waals surface area contributed by atoms with E-state index in [-0.39, 0.29) is 56.7 Å². The molecule has 0 bridgehead atoms. The Kier molecular flexibility index (Phi) is 7.25.